The van der Waals surface area contributed by atoms with Crippen LogP contribution in [0.4, 0.5) is 0 Å². The molecule has 0 aromatic rings. The molecule has 6 heteroatoms. The van der Waals surface area contributed by atoms with Gasteiger partial charge in [0.25, 0.3) is 0 Å². The van der Waals surface area contributed by atoms with Gasteiger partial charge in [0, 0.05) is 4.57 Å². The maximum atomic E-state index is 10.4. The van der Waals surface area contributed by atoms with Crippen LogP contribution in [0.25, 0.3) is 0 Å². The molecular weight excluding hydrogens is 227 g/mol. The van der Waals surface area contributed by atoms with E-state index in [-0.39, 0.29) is 0 Å². The number of rotatable bonds is 5. The van der Waals surface area contributed by atoms with Crippen molar-refractivity contribution in [2.75, 3.05) is 26.3 Å². The van der Waals surface area contributed by atoms with Crippen molar-refractivity contribution >= 4 is 8.25 Å². The first-order chi connectivity index (χ1) is 7.81. The highest BCUT2D eigenvalue weighted by Crippen LogP contribution is 2.26. The van der Waals surface area contributed by atoms with Crippen molar-refractivity contribution in [3.05, 3.63) is 0 Å². The molecule has 0 bridgehead atoms. The third kappa shape index (κ3) is 12.0. The largest absolute Gasteiger partial charge is 0.697 e. The Kier molecular flexibility index (Phi) is 13.0. The van der Waals surface area contributed by atoms with Gasteiger partial charge >= 0.3 is 8.25 Å². The van der Waals surface area contributed by atoms with Crippen LogP contribution in [-0.2, 0) is 13.6 Å². The Labute approximate surface area is 98.8 Å². The molecule has 1 rings (SSSR count). The van der Waals surface area contributed by atoms with Crippen LogP contribution in [0.3, 0.4) is 0 Å². The van der Waals surface area contributed by atoms with Gasteiger partial charge in [0.1, 0.15) is 13.2 Å². The summed E-state index contributed by atoms with van der Waals surface area (Å²) in [6, 6.07) is 0. The zero-order valence-electron chi connectivity index (χ0n) is 9.90. The fraction of sp³-hybridized carbons (Fsp3) is 1.00. The van der Waals surface area contributed by atoms with E-state index in [2.05, 4.69) is 9.05 Å². The van der Waals surface area contributed by atoms with Crippen molar-refractivity contribution in [2.45, 2.75) is 38.5 Å². The lowest BCUT2D eigenvalue weighted by atomic mass is 10.2. The van der Waals surface area contributed by atoms with Crippen molar-refractivity contribution in [1.29, 1.82) is 0 Å². The summed E-state index contributed by atoms with van der Waals surface area (Å²) in [5.74, 6) is 0. The van der Waals surface area contributed by atoms with Crippen molar-refractivity contribution in [2.24, 2.45) is 11.5 Å². The third-order valence-corrected chi connectivity index (χ3v) is 2.88. The first kappa shape index (κ1) is 15.9. The normalized spacial score (nSPS) is 16.2. The van der Waals surface area contributed by atoms with Crippen LogP contribution in [0.1, 0.15) is 38.5 Å². The smallest absolute Gasteiger partial charge is 0.330 e. The van der Waals surface area contributed by atoms with Crippen LogP contribution in [0.5, 0.6) is 0 Å². The summed E-state index contributed by atoms with van der Waals surface area (Å²) in [7, 11) is -1.77. The minimum atomic E-state index is -1.77. The SMILES string of the molecule is NCCCCCCN.O=[P+]1OCCCCO1. The van der Waals surface area contributed by atoms with E-state index >= 15 is 0 Å². The van der Waals surface area contributed by atoms with Crippen LogP contribution in [-0.4, -0.2) is 26.3 Å². The summed E-state index contributed by atoms with van der Waals surface area (Å²) in [6.07, 6.45) is 6.71. The molecule has 0 radical (unpaired) electrons. The second-order valence-electron chi connectivity index (χ2n) is 3.59. The predicted molar refractivity (Wildman–Crippen MR) is 65.3 cm³/mol. The van der Waals surface area contributed by atoms with Crippen molar-refractivity contribution < 1.29 is 13.6 Å². The van der Waals surface area contributed by atoms with E-state index in [0.717, 1.165) is 38.8 Å². The van der Waals surface area contributed by atoms with E-state index in [1.165, 1.54) is 12.8 Å². The van der Waals surface area contributed by atoms with Crippen molar-refractivity contribution in [3.8, 4) is 0 Å². The number of hydrogen-bond donors (Lipinski definition) is 2. The molecule has 1 aliphatic rings. The van der Waals surface area contributed by atoms with E-state index in [1.54, 1.807) is 0 Å². The molecule has 1 saturated heterocycles. The average Bonchev–Trinajstić information content (AvgIpc) is 2.53. The highest BCUT2D eigenvalue weighted by atomic mass is 31.1. The maximum absolute atomic E-state index is 10.4. The van der Waals surface area contributed by atoms with E-state index in [0.29, 0.717) is 13.2 Å². The summed E-state index contributed by atoms with van der Waals surface area (Å²) >= 11 is 0. The Morgan fingerprint density at radius 2 is 1.31 bits per heavy atom. The number of unbranched alkanes of at least 4 members (excludes halogenated alkanes) is 3. The van der Waals surface area contributed by atoms with Gasteiger partial charge in [0.15, 0.2) is 0 Å². The van der Waals surface area contributed by atoms with Gasteiger partial charge in [-0.15, -0.1) is 9.05 Å². The molecular formula is C10H24N2O3P+. The highest BCUT2D eigenvalue weighted by Gasteiger charge is 2.21. The molecule has 0 atom stereocenters. The average molecular weight is 251 g/mol. The summed E-state index contributed by atoms with van der Waals surface area (Å²) in [6.45, 7) is 2.81. The summed E-state index contributed by atoms with van der Waals surface area (Å²) in [5.41, 5.74) is 10.6. The fourth-order valence-electron chi connectivity index (χ4n) is 1.16. The molecule has 1 fully saturated rings. The molecule has 0 aromatic carbocycles. The Bertz CT molecular complexity index is 154. The molecule has 0 aliphatic carbocycles. The molecule has 4 N–H and O–H groups in total. The molecule has 0 unspecified atom stereocenters. The first-order valence-corrected chi connectivity index (χ1v) is 7.04. The fourth-order valence-corrected chi connectivity index (χ4v) is 1.79. The Morgan fingerprint density at radius 1 is 0.875 bits per heavy atom. The lowest BCUT2D eigenvalue weighted by Gasteiger charge is -1.94. The second kappa shape index (κ2) is 13.0. The van der Waals surface area contributed by atoms with Gasteiger partial charge in [-0.25, -0.2) is 0 Å². The van der Waals surface area contributed by atoms with E-state index in [9.17, 15) is 4.57 Å². The predicted octanol–water partition coefficient (Wildman–Crippen LogP) is 1.93. The molecule has 0 spiro atoms. The van der Waals surface area contributed by atoms with Crippen LogP contribution >= 0.6 is 8.25 Å². The molecule has 1 heterocycles. The highest BCUT2D eigenvalue weighted by molar-refractivity contribution is 7.33. The van der Waals surface area contributed by atoms with E-state index in [4.69, 9.17) is 11.5 Å². The van der Waals surface area contributed by atoms with Gasteiger partial charge in [-0.3, -0.25) is 0 Å². The Morgan fingerprint density at radius 3 is 1.69 bits per heavy atom. The van der Waals surface area contributed by atoms with Crippen molar-refractivity contribution in [3.63, 3.8) is 0 Å². The van der Waals surface area contributed by atoms with Gasteiger partial charge in [-0.2, -0.15) is 0 Å². The van der Waals surface area contributed by atoms with E-state index in [1.807, 2.05) is 0 Å². The maximum Gasteiger partial charge on any atom is 0.697 e. The van der Waals surface area contributed by atoms with Crippen LogP contribution in [0.2, 0.25) is 0 Å². The molecule has 0 aromatic heterocycles. The molecule has 0 amide bonds. The summed E-state index contributed by atoms with van der Waals surface area (Å²) < 4.78 is 19.8. The molecule has 1 aliphatic heterocycles. The van der Waals surface area contributed by atoms with Gasteiger partial charge in [-0.1, -0.05) is 12.8 Å². The topological polar surface area (TPSA) is 87.6 Å². The Hall–Kier alpha value is -0.0600. The first-order valence-electron chi connectivity index (χ1n) is 5.94. The molecule has 0 saturated carbocycles. The lowest BCUT2D eigenvalue weighted by Crippen LogP contribution is -2.00. The van der Waals surface area contributed by atoms with Crippen LogP contribution < -0.4 is 11.5 Å². The summed E-state index contributed by atoms with van der Waals surface area (Å²) in [4.78, 5) is 0. The number of nitrogens with two attached hydrogens (primary N) is 2. The monoisotopic (exact) mass is 251 g/mol. The lowest BCUT2D eigenvalue weighted by molar-refractivity contribution is 0.263. The quantitative estimate of drug-likeness (QED) is 0.576. The van der Waals surface area contributed by atoms with E-state index < -0.39 is 8.25 Å². The molecule has 96 valence electrons. The third-order valence-electron chi connectivity index (χ3n) is 2.09. The van der Waals surface area contributed by atoms with Crippen LogP contribution in [0.15, 0.2) is 0 Å². The number of hydrogen-bond acceptors (Lipinski definition) is 5. The minimum Gasteiger partial charge on any atom is -0.330 e. The van der Waals surface area contributed by atoms with Gasteiger partial charge < -0.3 is 11.5 Å². The Balaban J connectivity index is 0.000000281. The van der Waals surface area contributed by atoms with Gasteiger partial charge in [-0.05, 0) is 38.8 Å². The zero-order chi connectivity index (χ0) is 12.1. The van der Waals surface area contributed by atoms with Crippen molar-refractivity contribution in [1.82, 2.24) is 0 Å². The second-order valence-corrected chi connectivity index (χ2v) is 4.55. The molecule has 5 nitrogen and oxygen atoms in total. The minimum absolute atomic E-state index is 0.579. The summed E-state index contributed by atoms with van der Waals surface area (Å²) in [5, 5.41) is 0. The van der Waals surface area contributed by atoms with Crippen LogP contribution in [0, 0.1) is 0 Å². The van der Waals surface area contributed by atoms with Gasteiger partial charge in [0.2, 0.25) is 0 Å². The zero-order valence-corrected chi connectivity index (χ0v) is 10.8. The molecule has 16 heavy (non-hydrogen) atoms. The van der Waals surface area contributed by atoms with Gasteiger partial charge in [0.05, 0.1) is 0 Å². The standard InChI is InChI=1S/C6H16N2.C4H8O3P/c7-5-3-1-2-4-6-8;5-8-6-3-1-2-4-7-8/h1-8H2;1-4H2/q;+1.